The molecule has 1 heterocycles. The summed E-state index contributed by atoms with van der Waals surface area (Å²) >= 11 is 0. The molecule has 1 rings (SSSR count). The van der Waals surface area contributed by atoms with Gasteiger partial charge in [-0.3, -0.25) is 0 Å². The number of hydrogen-bond acceptors (Lipinski definition) is 2. The molecule has 3 nitrogen and oxygen atoms in total. The molecule has 0 atom stereocenters. The number of hydrogen-bond donors (Lipinski definition) is 0. The molecule has 0 aliphatic carbocycles. The lowest BCUT2D eigenvalue weighted by atomic mass is 10.1. The molecule has 74 valence electrons. The molecule has 0 bridgehead atoms. The molecule has 0 aromatic carbocycles. The average Bonchev–Trinajstić information content (AvgIpc) is 2.55. The molecule has 0 amide bonds. The predicted molar refractivity (Wildman–Crippen MR) is 53.7 cm³/mol. The molecule has 0 spiro atoms. The van der Waals surface area contributed by atoms with Crippen molar-refractivity contribution >= 4 is 0 Å². The van der Waals surface area contributed by atoms with Crippen LogP contribution in [0, 0.1) is 0 Å². The first kappa shape index (κ1) is 10.2. The zero-order valence-electron chi connectivity index (χ0n) is 8.99. The number of aromatic nitrogens is 3. The summed E-state index contributed by atoms with van der Waals surface area (Å²) in [7, 11) is 0. The first-order chi connectivity index (χ1) is 6.20. The molecule has 0 radical (unpaired) electrons. The first-order valence-corrected chi connectivity index (χ1v) is 5.10. The second-order valence-corrected chi connectivity index (χ2v) is 3.72. The smallest absolute Gasteiger partial charge is 0.135 e. The maximum Gasteiger partial charge on any atom is 0.135 e. The van der Waals surface area contributed by atoms with E-state index in [-0.39, 0.29) is 0 Å². The van der Waals surface area contributed by atoms with Gasteiger partial charge in [0.25, 0.3) is 0 Å². The minimum Gasteiger partial charge on any atom is -0.314 e. The second kappa shape index (κ2) is 4.40. The third-order valence-electron chi connectivity index (χ3n) is 2.45. The van der Waals surface area contributed by atoms with Gasteiger partial charge in [-0.25, -0.2) is 0 Å². The summed E-state index contributed by atoms with van der Waals surface area (Å²) in [5, 5.41) is 8.12. The van der Waals surface area contributed by atoms with Gasteiger partial charge < -0.3 is 4.57 Å². The summed E-state index contributed by atoms with van der Waals surface area (Å²) in [4.78, 5) is 0. The molecule has 0 unspecified atom stereocenters. The SMILES string of the molecule is CCC(CC)n1cnnc1C(C)C. The Morgan fingerprint density at radius 1 is 1.31 bits per heavy atom. The second-order valence-electron chi connectivity index (χ2n) is 3.72. The van der Waals surface area contributed by atoms with Crippen LogP contribution >= 0.6 is 0 Å². The third-order valence-corrected chi connectivity index (χ3v) is 2.45. The normalized spacial score (nSPS) is 11.5. The average molecular weight is 181 g/mol. The maximum atomic E-state index is 4.15. The quantitative estimate of drug-likeness (QED) is 0.715. The van der Waals surface area contributed by atoms with Gasteiger partial charge >= 0.3 is 0 Å². The van der Waals surface area contributed by atoms with Gasteiger partial charge in [-0.2, -0.15) is 0 Å². The standard InChI is InChI=1S/C10H19N3/c1-5-9(6-2)13-7-11-12-10(13)8(3)4/h7-9H,5-6H2,1-4H3. The summed E-state index contributed by atoms with van der Waals surface area (Å²) in [6, 6.07) is 0.562. The molecule has 3 heteroatoms. The van der Waals surface area contributed by atoms with Crippen molar-refractivity contribution in [1.29, 1.82) is 0 Å². The van der Waals surface area contributed by atoms with E-state index in [1.54, 1.807) is 0 Å². The third kappa shape index (κ3) is 2.08. The van der Waals surface area contributed by atoms with Crippen LogP contribution in [0.15, 0.2) is 6.33 Å². The molecule has 1 aromatic rings. The molecule has 0 saturated heterocycles. The van der Waals surface area contributed by atoms with E-state index in [2.05, 4.69) is 42.5 Å². The van der Waals surface area contributed by atoms with Crippen LogP contribution in [0.2, 0.25) is 0 Å². The highest BCUT2D eigenvalue weighted by atomic mass is 15.3. The molecule has 0 saturated carbocycles. The van der Waals surface area contributed by atoms with Gasteiger partial charge in [-0.05, 0) is 12.8 Å². The van der Waals surface area contributed by atoms with Gasteiger partial charge in [0.15, 0.2) is 0 Å². The van der Waals surface area contributed by atoms with Crippen molar-refractivity contribution < 1.29 is 0 Å². The largest absolute Gasteiger partial charge is 0.314 e. The molecule has 0 aliphatic heterocycles. The van der Waals surface area contributed by atoms with E-state index in [9.17, 15) is 0 Å². The Morgan fingerprint density at radius 3 is 2.38 bits per heavy atom. The zero-order chi connectivity index (χ0) is 9.84. The topological polar surface area (TPSA) is 30.7 Å². The van der Waals surface area contributed by atoms with Crippen molar-refractivity contribution in [2.45, 2.75) is 52.5 Å². The van der Waals surface area contributed by atoms with Crippen LogP contribution in [0.1, 0.15) is 58.3 Å². The van der Waals surface area contributed by atoms with Gasteiger partial charge in [0, 0.05) is 12.0 Å². The summed E-state index contributed by atoms with van der Waals surface area (Å²) in [6.07, 6.45) is 4.15. The fourth-order valence-electron chi connectivity index (χ4n) is 1.63. The molecule has 0 aliphatic rings. The minimum atomic E-state index is 0.461. The summed E-state index contributed by atoms with van der Waals surface area (Å²) in [5.74, 6) is 1.57. The van der Waals surface area contributed by atoms with Crippen molar-refractivity contribution in [2.24, 2.45) is 0 Å². The zero-order valence-corrected chi connectivity index (χ0v) is 8.99. The van der Waals surface area contributed by atoms with E-state index in [0.29, 0.717) is 12.0 Å². The maximum absolute atomic E-state index is 4.15. The highest BCUT2D eigenvalue weighted by Crippen LogP contribution is 2.20. The van der Waals surface area contributed by atoms with E-state index >= 15 is 0 Å². The van der Waals surface area contributed by atoms with Crippen molar-refractivity contribution in [3.63, 3.8) is 0 Å². The summed E-state index contributed by atoms with van der Waals surface area (Å²) in [5.41, 5.74) is 0. The van der Waals surface area contributed by atoms with Crippen molar-refractivity contribution in [3.8, 4) is 0 Å². The number of rotatable bonds is 4. The van der Waals surface area contributed by atoms with Crippen LogP contribution in [0.25, 0.3) is 0 Å². The molecule has 0 N–H and O–H groups in total. The van der Waals surface area contributed by atoms with Crippen LogP contribution < -0.4 is 0 Å². The van der Waals surface area contributed by atoms with E-state index in [4.69, 9.17) is 0 Å². The predicted octanol–water partition coefficient (Wildman–Crippen LogP) is 2.76. The summed E-state index contributed by atoms with van der Waals surface area (Å²) in [6.45, 7) is 8.72. The lowest BCUT2D eigenvalue weighted by Gasteiger charge is -2.17. The van der Waals surface area contributed by atoms with Crippen LogP contribution in [0.5, 0.6) is 0 Å². The van der Waals surface area contributed by atoms with E-state index in [1.807, 2.05) is 6.33 Å². The lowest BCUT2D eigenvalue weighted by Crippen LogP contribution is -2.11. The van der Waals surface area contributed by atoms with E-state index in [0.717, 1.165) is 18.7 Å². The van der Waals surface area contributed by atoms with Gasteiger partial charge in [0.05, 0.1) is 0 Å². The highest BCUT2D eigenvalue weighted by Gasteiger charge is 2.13. The number of nitrogens with zero attached hydrogens (tertiary/aromatic N) is 3. The van der Waals surface area contributed by atoms with Crippen LogP contribution in [-0.2, 0) is 0 Å². The van der Waals surface area contributed by atoms with Gasteiger partial charge in [0.1, 0.15) is 12.2 Å². The highest BCUT2D eigenvalue weighted by molar-refractivity contribution is 4.94. The molecular weight excluding hydrogens is 162 g/mol. The van der Waals surface area contributed by atoms with Crippen molar-refractivity contribution in [3.05, 3.63) is 12.2 Å². The molecule has 0 fully saturated rings. The molecule has 1 aromatic heterocycles. The Bertz CT molecular complexity index is 248. The fourth-order valence-corrected chi connectivity index (χ4v) is 1.63. The Morgan fingerprint density at radius 2 is 1.92 bits per heavy atom. The van der Waals surface area contributed by atoms with E-state index < -0.39 is 0 Å². The monoisotopic (exact) mass is 181 g/mol. The molecular formula is C10H19N3. The van der Waals surface area contributed by atoms with Crippen LogP contribution in [0.3, 0.4) is 0 Å². The Hall–Kier alpha value is -0.860. The van der Waals surface area contributed by atoms with Gasteiger partial charge in [-0.15, -0.1) is 10.2 Å². The Kier molecular flexibility index (Phi) is 3.46. The lowest BCUT2D eigenvalue weighted by molar-refractivity contribution is 0.447. The minimum absolute atomic E-state index is 0.461. The van der Waals surface area contributed by atoms with Gasteiger partial charge in [-0.1, -0.05) is 27.7 Å². The van der Waals surface area contributed by atoms with Crippen molar-refractivity contribution in [2.75, 3.05) is 0 Å². The summed E-state index contributed by atoms with van der Waals surface area (Å²) < 4.78 is 2.21. The first-order valence-electron chi connectivity index (χ1n) is 5.10. The van der Waals surface area contributed by atoms with Crippen molar-refractivity contribution in [1.82, 2.24) is 14.8 Å². The van der Waals surface area contributed by atoms with Crippen LogP contribution in [0.4, 0.5) is 0 Å². The Labute approximate surface area is 80.2 Å². The fraction of sp³-hybridized carbons (Fsp3) is 0.800. The Balaban J connectivity index is 2.91. The van der Waals surface area contributed by atoms with Gasteiger partial charge in [0.2, 0.25) is 0 Å². The van der Waals surface area contributed by atoms with E-state index in [1.165, 1.54) is 0 Å². The molecule has 13 heavy (non-hydrogen) atoms. The van der Waals surface area contributed by atoms with Crippen LogP contribution in [-0.4, -0.2) is 14.8 Å².